The molecule has 0 amide bonds. The molecular formula is C11H12ClNO. The summed E-state index contributed by atoms with van der Waals surface area (Å²) in [6.07, 6.45) is 0. The van der Waals surface area contributed by atoms with Crippen LogP contribution >= 0.6 is 11.6 Å². The Morgan fingerprint density at radius 2 is 2.14 bits per heavy atom. The molecule has 0 saturated heterocycles. The van der Waals surface area contributed by atoms with E-state index < -0.39 is 0 Å². The van der Waals surface area contributed by atoms with Crippen LogP contribution in [0.5, 0.6) is 5.75 Å². The summed E-state index contributed by atoms with van der Waals surface area (Å²) < 4.78 is 5.41. The van der Waals surface area contributed by atoms with Crippen LogP contribution in [0.25, 0.3) is 10.9 Å². The number of aryl methyl sites for hydroxylation is 1. The van der Waals surface area contributed by atoms with Crippen molar-refractivity contribution in [1.29, 1.82) is 0 Å². The van der Waals surface area contributed by atoms with Crippen molar-refractivity contribution in [2.24, 2.45) is 0 Å². The summed E-state index contributed by atoms with van der Waals surface area (Å²) in [5.74, 6) is 0.751. The molecule has 2 aromatic rings. The summed E-state index contributed by atoms with van der Waals surface area (Å²) in [6.45, 7) is 4.60. The highest BCUT2D eigenvalue weighted by atomic mass is 35.5. The number of halogens is 1. The van der Waals surface area contributed by atoms with E-state index in [9.17, 15) is 0 Å². The van der Waals surface area contributed by atoms with E-state index in [2.05, 4.69) is 11.1 Å². The number of aromatic amines is 1. The van der Waals surface area contributed by atoms with E-state index in [0.29, 0.717) is 11.6 Å². The smallest absolute Gasteiger partial charge is 0.138 e. The van der Waals surface area contributed by atoms with Gasteiger partial charge in [-0.3, -0.25) is 0 Å². The molecule has 0 saturated carbocycles. The van der Waals surface area contributed by atoms with Crippen LogP contribution in [-0.4, -0.2) is 11.6 Å². The van der Waals surface area contributed by atoms with E-state index in [1.165, 1.54) is 0 Å². The number of ether oxygens (including phenoxy) is 1. The SMILES string of the molecule is CCOc1cc2cc(C)[nH]c2cc1Cl. The van der Waals surface area contributed by atoms with Crippen molar-refractivity contribution in [1.82, 2.24) is 4.98 Å². The molecule has 14 heavy (non-hydrogen) atoms. The molecule has 74 valence electrons. The van der Waals surface area contributed by atoms with Crippen molar-refractivity contribution < 1.29 is 4.74 Å². The van der Waals surface area contributed by atoms with Gasteiger partial charge in [0.25, 0.3) is 0 Å². The predicted molar refractivity (Wildman–Crippen MR) is 59.2 cm³/mol. The Balaban J connectivity index is 2.58. The largest absolute Gasteiger partial charge is 0.492 e. The minimum atomic E-state index is 0.634. The third-order valence-corrected chi connectivity index (χ3v) is 2.40. The van der Waals surface area contributed by atoms with Gasteiger partial charge in [-0.1, -0.05) is 11.6 Å². The van der Waals surface area contributed by atoms with Crippen LogP contribution in [0.4, 0.5) is 0 Å². The number of H-pyrrole nitrogens is 1. The number of aromatic nitrogens is 1. The highest BCUT2D eigenvalue weighted by molar-refractivity contribution is 6.32. The maximum Gasteiger partial charge on any atom is 0.138 e. The third kappa shape index (κ3) is 1.58. The van der Waals surface area contributed by atoms with E-state index in [1.807, 2.05) is 26.0 Å². The highest BCUT2D eigenvalue weighted by Gasteiger charge is 2.05. The van der Waals surface area contributed by atoms with E-state index >= 15 is 0 Å². The van der Waals surface area contributed by atoms with Crippen LogP contribution in [0.15, 0.2) is 18.2 Å². The molecule has 0 atom stereocenters. The Bertz CT molecular complexity index is 462. The molecule has 0 spiro atoms. The molecule has 0 aliphatic rings. The van der Waals surface area contributed by atoms with Gasteiger partial charge in [0.2, 0.25) is 0 Å². The minimum absolute atomic E-state index is 0.634. The first-order valence-corrected chi connectivity index (χ1v) is 5.00. The maximum atomic E-state index is 6.05. The summed E-state index contributed by atoms with van der Waals surface area (Å²) >= 11 is 6.05. The lowest BCUT2D eigenvalue weighted by Crippen LogP contribution is -1.91. The van der Waals surface area contributed by atoms with Gasteiger partial charge in [-0.05, 0) is 32.0 Å². The lowest BCUT2D eigenvalue weighted by atomic mass is 10.2. The first kappa shape index (κ1) is 9.41. The van der Waals surface area contributed by atoms with Gasteiger partial charge in [0.05, 0.1) is 11.6 Å². The molecule has 0 aliphatic heterocycles. The van der Waals surface area contributed by atoms with Crippen LogP contribution in [0.2, 0.25) is 5.02 Å². The number of fused-ring (bicyclic) bond motifs is 1. The Hall–Kier alpha value is -1.15. The number of rotatable bonds is 2. The summed E-state index contributed by atoms with van der Waals surface area (Å²) in [4.78, 5) is 3.23. The molecule has 0 fully saturated rings. The topological polar surface area (TPSA) is 25.0 Å². The molecule has 3 heteroatoms. The molecule has 1 aromatic carbocycles. The Morgan fingerprint density at radius 1 is 1.36 bits per heavy atom. The molecule has 1 N–H and O–H groups in total. The highest BCUT2D eigenvalue weighted by Crippen LogP contribution is 2.30. The first-order valence-electron chi connectivity index (χ1n) is 4.62. The fraction of sp³-hybridized carbons (Fsp3) is 0.273. The second-order valence-electron chi connectivity index (χ2n) is 3.26. The van der Waals surface area contributed by atoms with Crippen molar-refractivity contribution in [3.63, 3.8) is 0 Å². The Morgan fingerprint density at radius 3 is 2.86 bits per heavy atom. The maximum absolute atomic E-state index is 6.05. The van der Waals surface area contributed by atoms with Gasteiger partial charge in [-0.25, -0.2) is 0 Å². The van der Waals surface area contributed by atoms with Crippen LogP contribution in [0, 0.1) is 6.92 Å². The third-order valence-electron chi connectivity index (χ3n) is 2.11. The summed E-state index contributed by atoms with van der Waals surface area (Å²) in [6, 6.07) is 5.94. The van der Waals surface area contributed by atoms with E-state index in [0.717, 1.165) is 22.3 Å². The van der Waals surface area contributed by atoms with Crippen LogP contribution < -0.4 is 4.74 Å². The Kier molecular flexibility index (Phi) is 2.38. The van der Waals surface area contributed by atoms with Gasteiger partial charge >= 0.3 is 0 Å². The fourth-order valence-electron chi connectivity index (χ4n) is 1.54. The average Bonchev–Trinajstić information content (AvgIpc) is 2.45. The van der Waals surface area contributed by atoms with Gasteiger partial charge in [0.1, 0.15) is 5.75 Å². The molecule has 1 heterocycles. The fourth-order valence-corrected chi connectivity index (χ4v) is 1.76. The quantitative estimate of drug-likeness (QED) is 0.804. The molecule has 0 unspecified atom stereocenters. The molecular weight excluding hydrogens is 198 g/mol. The van der Waals surface area contributed by atoms with Crippen molar-refractivity contribution in [2.45, 2.75) is 13.8 Å². The summed E-state index contributed by atoms with van der Waals surface area (Å²) in [5.41, 5.74) is 2.18. The second kappa shape index (κ2) is 3.54. The van der Waals surface area contributed by atoms with E-state index in [4.69, 9.17) is 16.3 Å². The molecule has 0 aliphatic carbocycles. The normalized spacial score (nSPS) is 10.8. The molecule has 2 nitrogen and oxygen atoms in total. The van der Waals surface area contributed by atoms with Crippen LogP contribution in [0.1, 0.15) is 12.6 Å². The van der Waals surface area contributed by atoms with Gasteiger partial charge in [0, 0.05) is 16.6 Å². The zero-order valence-electron chi connectivity index (χ0n) is 8.23. The van der Waals surface area contributed by atoms with E-state index in [-0.39, 0.29) is 0 Å². The molecule has 1 aromatic heterocycles. The molecule has 0 bridgehead atoms. The summed E-state index contributed by atoms with van der Waals surface area (Å²) in [5, 5.41) is 1.79. The van der Waals surface area contributed by atoms with E-state index in [1.54, 1.807) is 0 Å². The molecule has 2 rings (SSSR count). The second-order valence-corrected chi connectivity index (χ2v) is 3.66. The van der Waals surface area contributed by atoms with Gasteiger partial charge in [-0.2, -0.15) is 0 Å². The number of hydrogen-bond donors (Lipinski definition) is 1. The monoisotopic (exact) mass is 209 g/mol. The predicted octanol–water partition coefficient (Wildman–Crippen LogP) is 3.53. The molecule has 0 radical (unpaired) electrons. The Labute approximate surface area is 87.8 Å². The lowest BCUT2D eigenvalue weighted by Gasteiger charge is -2.04. The number of benzene rings is 1. The van der Waals surface area contributed by atoms with Crippen LogP contribution in [-0.2, 0) is 0 Å². The van der Waals surface area contributed by atoms with Crippen LogP contribution in [0.3, 0.4) is 0 Å². The van der Waals surface area contributed by atoms with Gasteiger partial charge < -0.3 is 9.72 Å². The van der Waals surface area contributed by atoms with Crippen molar-refractivity contribution in [3.05, 3.63) is 28.9 Å². The minimum Gasteiger partial charge on any atom is -0.492 e. The van der Waals surface area contributed by atoms with Crippen molar-refractivity contribution in [3.8, 4) is 5.75 Å². The average molecular weight is 210 g/mol. The van der Waals surface area contributed by atoms with Crippen molar-refractivity contribution in [2.75, 3.05) is 6.61 Å². The zero-order chi connectivity index (χ0) is 10.1. The zero-order valence-corrected chi connectivity index (χ0v) is 8.98. The van der Waals surface area contributed by atoms with Gasteiger partial charge in [0.15, 0.2) is 0 Å². The lowest BCUT2D eigenvalue weighted by molar-refractivity contribution is 0.341. The first-order chi connectivity index (χ1) is 6.70. The summed E-state index contributed by atoms with van der Waals surface area (Å²) in [7, 11) is 0. The van der Waals surface area contributed by atoms with Crippen molar-refractivity contribution >= 4 is 22.5 Å². The van der Waals surface area contributed by atoms with Gasteiger partial charge in [-0.15, -0.1) is 0 Å². The standard InChI is InChI=1S/C11H12ClNO/c1-3-14-11-5-8-4-7(2)13-10(8)6-9(11)12/h4-6,13H,3H2,1-2H3. The number of hydrogen-bond acceptors (Lipinski definition) is 1. The number of nitrogens with one attached hydrogen (secondary N) is 1.